The second kappa shape index (κ2) is 26.5. The zero-order valence-electron chi connectivity index (χ0n) is 45.9. The molecule has 5 heterocycles. The van der Waals surface area contributed by atoms with Gasteiger partial charge in [-0.05, 0) is 158 Å². The Morgan fingerprint density at radius 1 is 0.636 bits per heavy atom. The zero-order chi connectivity index (χ0) is 52.9. The van der Waals surface area contributed by atoms with Gasteiger partial charge in [0.25, 0.3) is 11.8 Å². The van der Waals surface area contributed by atoms with Crippen LogP contribution in [0.25, 0.3) is 22.5 Å². The van der Waals surface area contributed by atoms with E-state index in [0.717, 1.165) is 126 Å². The Morgan fingerprint density at radius 2 is 1.19 bits per heavy atom. The number of ether oxygens (including phenoxy) is 2. The van der Waals surface area contributed by atoms with E-state index in [1.54, 1.807) is 20.5 Å². The van der Waals surface area contributed by atoms with Gasteiger partial charge in [-0.25, -0.2) is 0 Å². The number of aromatic amines is 1. The molecule has 6 aliphatic rings. The number of H-pyrrole nitrogens is 1. The molecular weight excluding hydrogens is 969 g/mol. The van der Waals surface area contributed by atoms with E-state index < -0.39 is 0 Å². The number of carbonyl (C=O) groups excluding carboxylic acids is 3. The van der Waals surface area contributed by atoms with Gasteiger partial charge in [-0.2, -0.15) is 10.2 Å². The van der Waals surface area contributed by atoms with E-state index in [1.807, 2.05) is 35.0 Å². The molecule has 4 aliphatic carbocycles. The van der Waals surface area contributed by atoms with Crippen molar-refractivity contribution in [2.75, 3.05) is 53.5 Å². The van der Waals surface area contributed by atoms with Crippen LogP contribution in [0.4, 0.5) is 0 Å². The molecule has 0 radical (unpaired) electrons. The van der Waals surface area contributed by atoms with Crippen molar-refractivity contribution < 1.29 is 23.9 Å². The highest BCUT2D eigenvalue weighted by Gasteiger charge is 2.32. The SMILES string of the molecule is COc1cccc(OC)c1-c1cc(C(=O)NC(CCN2CCCCC2)Cc2nnc[nH]2)nn1C1CCCC1.O=C(CC(CCN1CCCCC1)NC(=O)c1cc(-c2ccccc2C2CC2)n(C2CCCC2)n1)NC1CCC1. The molecule has 5 aromatic rings. The summed E-state index contributed by atoms with van der Waals surface area (Å²) in [6.45, 7) is 6.34. The average molecular weight is 1050 g/mol. The second-order valence-electron chi connectivity index (χ2n) is 22.8. The fraction of sp³-hybridized carbons (Fsp3) is 0.617. The summed E-state index contributed by atoms with van der Waals surface area (Å²) in [7, 11) is 3.30. The summed E-state index contributed by atoms with van der Waals surface area (Å²) in [6.07, 6.45) is 26.5. The molecule has 3 amide bonds. The van der Waals surface area contributed by atoms with Gasteiger partial charge in [0.2, 0.25) is 5.91 Å². The molecule has 2 unspecified atom stereocenters. The second-order valence-corrected chi connectivity index (χ2v) is 22.8. The molecule has 2 atom stereocenters. The van der Waals surface area contributed by atoms with Crippen molar-refractivity contribution in [1.29, 1.82) is 0 Å². The van der Waals surface area contributed by atoms with E-state index in [9.17, 15) is 14.4 Å². The fourth-order valence-corrected chi connectivity index (χ4v) is 12.5. The Bertz CT molecular complexity index is 2660. The number of likely N-dealkylation sites (tertiary alicyclic amines) is 2. The van der Waals surface area contributed by atoms with Crippen LogP contribution in [0.5, 0.6) is 11.5 Å². The van der Waals surface area contributed by atoms with Crippen molar-refractivity contribution in [2.45, 2.75) is 184 Å². The minimum atomic E-state index is -0.196. The van der Waals surface area contributed by atoms with Gasteiger partial charge in [0.05, 0.1) is 43.3 Å². The lowest BCUT2D eigenvalue weighted by Crippen LogP contribution is -2.45. The molecule has 17 heteroatoms. The van der Waals surface area contributed by atoms with E-state index in [-0.39, 0.29) is 35.8 Å². The predicted octanol–water partition coefficient (Wildman–Crippen LogP) is 9.59. The smallest absolute Gasteiger partial charge is 0.272 e. The number of amides is 3. The largest absolute Gasteiger partial charge is 0.496 e. The Hall–Kier alpha value is -6.07. The highest BCUT2D eigenvalue weighted by atomic mass is 16.5. The van der Waals surface area contributed by atoms with E-state index in [2.05, 4.69) is 69.9 Å². The molecule has 17 nitrogen and oxygen atoms in total. The van der Waals surface area contributed by atoms with E-state index in [1.165, 1.54) is 81.8 Å². The molecule has 4 saturated carbocycles. The van der Waals surface area contributed by atoms with Gasteiger partial charge in [0.1, 0.15) is 23.7 Å². The average Bonchev–Trinajstić information content (AvgIpc) is 4.16. The van der Waals surface area contributed by atoms with Crippen LogP contribution in [-0.2, 0) is 11.2 Å². The quantitative estimate of drug-likeness (QED) is 0.0517. The molecule has 6 fully saturated rings. The first kappa shape index (κ1) is 54.3. The number of methoxy groups -OCH3 is 2. The number of piperidine rings is 2. The lowest BCUT2D eigenvalue weighted by atomic mass is 9.93. The Morgan fingerprint density at radius 3 is 1.74 bits per heavy atom. The van der Waals surface area contributed by atoms with Crippen LogP contribution in [0.15, 0.2) is 60.9 Å². The van der Waals surface area contributed by atoms with Gasteiger partial charge in [-0.3, -0.25) is 23.7 Å². The molecule has 0 spiro atoms. The van der Waals surface area contributed by atoms with Crippen LogP contribution in [0, 0.1) is 0 Å². The highest BCUT2D eigenvalue weighted by Crippen LogP contribution is 2.46. The van der Waals surface area contributed by atoms with Crippen molar-refractivity contribution in [3.05, 3.63) is 83.7 Å². The van der Waals surface area contributed by atoms with Crippen molar-refractivity contribution in [1.82, 2.24) is 60.5 Å². The molecule has 0 bridgehead atoms. The molecule has 11 rings (SSSR count). The van der Waals surface area contributed by atoms with Gasteiger partial charge in [-0.1, -0.05) is 68.9 Å². The summed E-state index contributed by atoms with van der Waals surface area (Å²) in [5, 5.41) is 27.6. The van der Waals surface area contributed by atoms with Crippen molar-refractivity contribution in [3.8, 4) is 34.0 Å². The lowest BCUT2D eigenvalue weighted by molar-refractivity contribution is -0.122. The molecule has 2 saturated heterocycles. The van der Waals surface area contributed by atoms with E-state index in [4.69, 9.17) is 19.7 Å². The standard InChI is InChI=1S/C32H45N5O2.C28H39N7O3/c38-31(33-24-9-8-10-24)21-25(17-20-36-18-6-1-7-19-36)34-32(39)29-22-30(37(35-29)26-11-2-3-12-26)28-14-5-4-13-27(28)23-15-16-23;1-37-24-11-8-12-25(38-2)27(24)23-18-22(33-35(23)21-9-4-5-10-21)28(36)31-20(17-26-29-19-30-32-26)13-16-34-14-6-3-7-15-34/h4-5,13-14,22-26H,1-3,6-12,15-21H2,(H,33,38)(H,34,39);8,11-12,18-21H,3-7,9-10,13-17H2,1-2H3,(H,31,36)(H,29,30,32). The number of hydrogen-bond acceptors (Lipinski definition) is 11. The summed E-state index contributed by atoms with van der Waals surface area (Å²) >= 11 is 0. The fourth-order valence-electron chi connectivity index (χ4n) is 12.5. The maximum Gasteiger partial charge on any atom is 0.272 e. The van der Waals surface area contributed by atoms with Crippen molar-refractivity contribution >= 4 is 17.7 Å². The number of nitrogens with zero attached hydrogens (tertiary/aromatic N) is 8. The van der Waals surface area contributed by atoms with Crippen LogP contribution in [0.1, 0.15) is 192 Å². The van der Waals surface area contributed by atoms with Crippen LogP contribution in [0.3, 0.4) is 0 Å². The first-order valence-corrected chi connectivity index (χ1v) is 29.5. The number of aromatic nitrogens is 7. The van der Waals surface area contributed by atoms with Crippen LogP contribution in [-0.4, -0.2) is 134 Å². The third-order valence-electron chi connectivity index (χ3n) is 17.2. The highest BCUT2D eigenvalue weighted by molar-refractivity contribution is 5.95. The van der Waals surface area contributed by atoms with Crippen molar-refractivity contribution in [2.24, 2.45) is 0 Å². The van der Waals surface area contributed by atoms with Gasteiger partial charge in [-0.15, -0.1) is 10.2 Å². The molecule has 3 aromatic heterocycles. The van der Waals surface area contributed by atoms with E-state index in [0.29, 0.717) is 53.7 Å². The maximum absolute atomic E-state index is 13.7. The summed E-state index contributed by atoms with van der Waals surface area (Å²) in [4.78, 5) is 48.2. The molecule has 2 aromatic carbocycles. The zero-order valence-corrected chi connectivity index (χ0v) is 45.9. The first-order chi connectivity index (χ1) is 37.8. The Labute approximate surface area is 455 Å². The number of carbonyl (C=O) groups is 3. The summed E-state index contributed by atoms with van der Waals surface area (Å²) in [5.41, 5.74) is 6.22. The monoisotopic (exact) mass is 1050 g/mol. The number of rotatable bonds is 22. The topological polar surface area (TPSA) is 189 Å². The predicted molar refractivity (Wildman–Crippen MR) is 298 cm³/mol. The van der Waals surface area contributed by atoms with Crippen LogP contribution >= 0.6 is 0 Å². The molecular formula is C60H84N12O5. The summed E-state index contributed by atoms with van der Waals surface area (Å²) in [5.74, 6) is 2.50. The molecule has 77 heavy (non-hydrogen) atoms. The summed E-state index contributed by atoms with van der Waals surface area (Å²) in [6, 6.07) is 18.9. The summed E-state index contributed by atoms with van der Waals surface area (Å²) < 4.78 is 15.6. The number of hydrogen-bond donors (Lipinski definition) is 4. The first-order valence-electron chi connectivity index (χ1n) is 29.5. The van der Waals surface area contributed by atoms with Gasteiger partial charge < -0.3 is 40.2 Å². The van der Waals surface area contributed by atoms with Crippen LogP contribution < -0.4 is 25.4 Å². The third kappa shape index (κ3) is 14.2. The van der Waals surface area contributed by atoms with Crippen LogP contribution in [0.2, 0.25) is 0 Å². The molecule has 2 aliphatic heterocycles. The van der Waals surface area contributed by atoms with E-state index >= 15 is 0 Å². The minimum Gasteiger partial charge on any atom is -0.496 e. The van der Waals surface area contributed by atoms with Gasteiger partial charge in [0.15, 0.2) is 11.4 Å². The Kier molecular flexibility index (Phi) is 18.7. The van der Waals surface area contributed by atoms with Gasteiger partial charge in [0, 0.05) is 49.6 Å². The number of benzene rings is 2. The number of nitrogens with one attached hydrogen (secondary N) is 4. The van der Waals surface area contributed by atoms with Crippen molar-refractivity contribution in [3.63, 3.8) is 0 Å². The van der Waals surface area contributed by atoms with Gasteiger partial charge >= 0.3 is 0 Å². The molecule has 414 valence electrons. The minimum absolute atomic E-state index is 0.0548. The third-order valence-corrected chi connectivity index (χ3v) is 17.2. The normalized spacial score (nSPS) is 19.5. The Balaban J connectivity index is 0.000000175. The maximum atomic E-state index is 13.7. The molecule has 4 N–H and O–H groups in total. The lowest BCUT2D eigenvalue weighted by Gasteiger charge is -2.29.